The van der Waals surface area contributed by atoms with E-state index in [1.54, 1.807) is 25.2 Å². The Morgan fingerprint density at radius 3 is 2.30 bits per heavy atom. The highest BCUT2D eigenvalue weighted by Gasteiger charge is 2.17. The minimum Gasteiger partial charge on any atom is -0.508 e. The summed E-state index contributed by atoms with van der Waals surface area (Å²) in [5.74, 6) is 0.149. The van der Waals surface area contributed by atoms with E-state index in [1.165, 1.54) is 12.1 Å². The van der Waals surface area contributed by atoms with Gasteiger partial charge in [0.1, 0.15) is 11.5 Å². The number of methoxy groups -OCH3 is 2. The average Bonchev–Trinajstić information content (AvgIpc) is 2.52. The van der Waals surface area contributed by atoms with Crippen LogP contribution in [-0.4, -0.2) is 61.5 Å². The topological polar surface area (TPSA) is 79.2 Å². The van der Waals surface area contributed by atoms with Crippen molar-refractivity contribution in [3.8, 4) is 11.5 Å². The molecule has 1 unspecified atom stereocenters. The van der Waals surface area contributed by atoms with Gasteiger partial charge in [-0.1, -0.05) is 13.0 Å². The van der Waals surface area contributed by atoms with Gasteiger partial charge in [0.05, 0.1) is 13.2 Å². The number of carbonyl (C=O) groups is 1. The summed E-state index contributed by atoms with van der Waals surface area (Å²) in [7, 11) is 3.21. The third-order valence-corrected chi connectivity index (χ3v) is 3.82. The summed E-state index contributed by atoms with van der Waals surface area (Å²) < 4.78 is 10.1. The number of rotatable bonds is 10. The molecule has 1 atom stereocenters. The minimum absolute atomic E-state index is 0.0197. The molecule has 23 heavy (non-hydrogen) atoms. The molecule has 6 nitrogen and oxygen atoms in total. The van der Waals surface area contributed by atoms with Crippen molar-refractivity contribution in [3.05, 3.63) is 23.8 Å². The van der Waals surface area contributed by atoms with E-state index in [1.807, 2.05) is 6.92 Å². The molecule has 0 aliphatic rings. The first-order valence-corrected chi connectivity index (χ1v) is 7.77. The molecule has 0 fully saturated rings. The molecule has 1 aromatic rings. The molecule has 2 N–H and O–H groups in total. The molecule has 1 amide bonds. The van der Waals surface area contributed by atoms with Crippen LogP contribution in [0.1, 0.15) is 31.2 Å². The van der Waals surface area contributed by atoms with Crippen LogP contribution >= 0.6 is 0 Å². The van der Waals surface area contributed by atoms with Gasteiger partial charge >= 0.3 is 0 Å². The molecule has 0 aromatic heterocycles. The molecule has 0 aliphatic heterocycles. The maximum atomic E-state index is 12.3. The molecule has 0 aliphatic carbocycles. The summed E-state index contributed by atoms with van der Waals surface area (Å²) in [4.78, 5) is 14.1. The third kappa shape index (κ3) is 6.46. The Bertz CT molecular complexity index is 484. The number of hydrogen-bond donors (Lipinski definition) is 2. The minimum atomic E-state index is 0.0197. The van der Waals surface area contributed by atoms with Crippen LogP contribution < -0.4 is 0 Å². The fraction of sp³-hybridized carbons (Fsp3) is 0.588. The zero-order valence-electron chi connectivity index (χ0n) is 14.1. The van der Waals surface area contributed by atoms with E-state index in [4.69, 9.17) is 9.47 Å². The Labute approximate surface area is 137 Å². The van der Waals surface area contributed by atoms with Crippen molar-refractivity contribution in [2.24, 2.45) is 0 Å². The van der Waals surface area contributed by atoms with E-state index in [2.05, 4.69) is 0 Å². The summed E-state index contributed by atoms with van der Waals surface area (Å²) in [6.45, 7) is 4.01. The van der Waals surface area contributed by atoms with Gasteiger partial charge in [0, 0.05) is 39.8 Å². The number of ether oxygens (including phenoxy) is 2. The molecule has 0 bridgehead atoms. The van der Waals surface area contributed by atoms with E-state index in [-0.39, 0.29) is 23.3 Å². The lowest BCUT2D eigenvalue weighted by atomic mass is 9.95. The summed E-state index contributed by atoms with van der Waals surface area (Å²) in [5, 5.41) is 19.2. The fourth-order valence-electron chi connectivity index (χ4n) is 2.37. The summed E-state index contributed by atoms with van der Waals surface area (Å²) in [5.41, 5.74) is 0.732. The number of carbonyl (C=O) groups excluding carboxylic acids is 1. The first kappa shape index (κ1) is 19.3. The van der Waals surface area contributed by atoms with Crippen molar-refractivity contribution in [1.29, 1.82) is 0 Å². The maximum Gasteiger partial charge on any atom is 0.222 e. The quantitative estimate of drug-likeness (QED) is 0.689. The van der Waals surface area contributed by atoms with Crippen LogP contribution in [0.2, 0.25) is 0 Å². The molecule has 1 aromatic carbocycles. The lowest BCUT2D eigenvalue weighted by Gasteiger charge is -2.23. The normalized spacial score (nSPS) is 12.1. The van der Waals surface area contributed by atoms with Crippen molar-refractivity contribution in [1.82, 2.24) is 4.90 Å². The molecule has 0 spiro atoms. The number of phenols is 2. The van der Waals surface area contributed by atoms with Crippen LogP contribution in [0, 0.1) is 0 Å². The molecule has 1 rings (SSSR count). The van der Waals surface area contributed by atoms with E-state index >= 15 is 0 Å². The van der Waals surface area contributed by atoms with Gasteiger partial charge in [0.25, 0.3) is 0 Å². The highest BCUT2D eigenvalue weighted by molar-refractivity contribution is 5.76. The molecular weight excluding hydrogens is 298 g/mol. The monoisotopic (exact) mass is 325 g/mol. The van der Waals surface area contributed by atoms with Gasteiger partial charge < -0.3 is 24.6 Å². The van der Waals surface area contributed by atoms with Gasteiger partial charge in [-0.25, -0.2) is 0 Å². The van der Waals surface area contributed by atoms with Gasteiger partial charge in [-0.2, -0.15) is 0 Å². The van der Waals surface area contributed by atoms with Crippen LogP contribution in [0.15, 0.2) is 18.2 Å². The first-order valence-electron chi connectivity index (χ1n) is 7.77. The van der Waals surface area contributed by atoms with Gasteiger partial charge in [-0.05, 0) is 24.0 Å². The van der Waals surface area contributed by atoms with Crippen molar-refractivity contribution < 1.29 is 24.5 Å². The number of nitrogens with zero attached hydrogens (tertiary/aromatic N) is 1. The molecule has 0 saturated carbocycles. The average molecular weight is 325 g/mol. The standard InChI is InChI=1S/C17H27NO5/c1-13(15-6-5-14(19)12-16(15)20)4-7-17(21)18(8-10-22-2)9-11-23-3/h5-6,12-13,19-20H,4,7-11H2,1-3H3. The first-order chi connectivity index (χ1) is 11.0. The number of phenolic OH excluding ortho intramolecular Hbond substituents is 2. The van der Waals surface area contributed by atoms with Crippen LogP contribution in [0.5, 0.6) is 11.5 Å². The van der Waals surface area contributed by atoms with E-state index in [9.17, 15) is 15.0 Å². The van der Waals surface area contributed by atoms with Crippen molar-refractivity contribution >= 4 is 5.91 Å². The van der Waals surface area contributed by atoms with Gasteiger partial charge in [0.2, 0.25) is 5.91 Å². The highest BCUT2D eigenvalue weighted by atomic mass is 16.5. The predicted molar refractivity (Wildman–Crippen MR) is 87.8 cm³/mol. The number of benzene rings is 1. The lowest BCUT2D eigenvalue weighted by molar-refractivity contribution is -0.132. The summed E-state index contributed by atoms with van der Waals surface area (Å²) in [6, 6.07) is 4.54. The smallest absolute Gasteiger partial charge is 0.222 e. The van der Waals surface area contributed by atoms with Gasteiger partial charge in [-0.15, -0.1) is 0 Å². The zero-order chi connectivity index (χ0) is 17.2. The van der Waals surface area contributed by atoms with Crippen molar-refractivity contribution in [3.63, 3.8) is 0 Å². The second-order valence-corrected chi connectivity index (χ2v) is 5.55. The van der Waals surface area contributed by atoms with Crippen molar-refractivity contribution in [2.75, 3.05) is 40.5 Å². The second kappa shape index (κ2) is 10.1. The van der Waals surface area contributed by atoms with Gasteiger partial charge in [0.15, 0.2) is 0 Å². The van der Waals surface area contributed by atoms with Gasteiger partial charge in [-0.3, -0.25) is 4.79 Å². The largest absolute Gasteiger partial charge is 0.508 e. The molecule has 0 radical (unpaired) electrons. The van der Waals surface area contributed by atoms with E-state index in [0.29, 0.717) is 39.1 Å². The SMILES string of the molecule is COCCN(CCOC)C(=O)CCC(C)c1ccc(O)cc1O. The third-order valence-electron chi connectivity index (χ3n) is 3.82. The van der Waals surface area contributed by atoms with E-state index < -0.39 is 0 Å². The van der Waals surface area contributed by atoms with Crippen LogP contribution in [0.4, 0.5) is 0 Å². The molecule has 6 heteroatoms. The predicted octanol–water partition coefficient (Wildman–Crippen LogP) is 2.10. The highest BCUT2D eigenvalue weighted by Crippen LogP contribution is 2.31. The Balaban J connectivity index is 2.57. The lowest BCUT2D eigenvalue weighted by Crippen LogP contribution is -2.36. The summed E-state index contributed by atoms with van der Waals surface area (Å²) >= 11 is 0. The Hall–Kier alpha value is -1.79. The zero-order valence-corrected chi connectivity index (χ0v) is 14.1. The molecular formula is C17H27NO5. The van der Waals surface area contributed by atoms with E-state index in [0.717, 1.165) is 5.56 Å². The number of aromatic hydroxyl groups is 2. The number of hydrogen-bond acceptors (Lipinski definition) is 5. The fourth-order valence-corrected chi connectivity index (χ4v) is 2.37. The molecule has 0 heterocycles. The Kier molecular flexibility index (Phi) is 8.43. The number of amides is 1. The molecule has 130 valence electrons. The second-order valence-electron chi connectivity index (χ2n) is 5.55. The van der Waals surface area contributed by atoms with Crippen LogP contribution in [0.3, 0.4) is 0 Å². The summed E-state index contributed by atoms with van der Waals surface area (Å²) in [6.07, 6.45) is 1.00. The van der Waals surface area contributed by atoms with Crippen LogP contribution in [-0.2, 0) is 14.3 Å². The van der Waals surface area contributed by atoms with Crippen molar-refractivity contribution in [2.45, 2.75) is 25.7 Å². The Morgan fingerprint density at radius 1 is 1.17 bits per heavy atom. The molecule has 0 saturated heterocycles. The maximum absolute atomic E-state index is 12.3. The van der Waals surface area contributed by atoms with Crippen LogP contribution in [0.25, 0.3) is 0 Å². The Morgan fingerprint density at radius 2 is 1.78 bits per heavy atom.